The monoisotopic (exact) mass is 430 g/mol. The largest absolute Gasteiger partial charge is 0.492 e. The molecule has 1 aliphatic heterocycles. The van der Waals surface area contributed by atoms with Gasteiger partial charge in [0, 0.05) is 55.6 Å². The Bertz CT molecular complexity index is 1120. The van der Waals surface area contributed by atoms with Gasteiger partial charge in [0.2, 0.25) is 5.95 Å². The first-order valence-electron chi connectivity index (χ1n) is 10.4. The Morgan fingerprint density at radius 1 is 1.09 bits per heavy atom. The fraction of sp³-hybridized carbons (Fsp3) is 0.250. The van der Waals surface area contributed by atoms with Crippen LogP contribution in [0.25, 0.3) is 28.2 Å². The molecule has 0 bridgehead atoms. The average molecular weight is 431 g/mol. The van der Waals surface area contributed by atoms with Crippen LogP contribution in [0.1, 0.15) is 5.56 Å². The van der Waals surface area contributed by atoms with E-state index >= 15 is 0 Å². The average Bonchev–Trinajstić information content (AvgIpc) is 2.87. The third-order valence-electron chi connectivity index (χ3n) is 5.18. The van der Waals surface area contributed by atoms with Crippen molar-refractivity contribution in [1.82, 2.24) is 15.0 Å². The summed E-state index contributed by atoms with van der Waals surface area (Å²) < 4.78 is 11.3. The minimum atomic E-state index is 0.600. The highest BCUT2D eigenvalue weighted by atomic mass is 16.5. The fourth-order valence-corrected chi connectivity index (χ4v) is 3.54. The van der Waals surface area contributed by atoms with Crippen molar-refractivity contribution >= 4 is 17.9 Å². The van der Waals surface area contributed by atoms with Gasteiger partial charge in [-0.3, -0.25) is 9.98 Å². The van der Waals surface area contributed by atoms with E-state index in [9.17, 15) is 0 Å². The number of nitrogens with two attached hydrogens (primary N) is 1. The minimum absolute atomic E-state index is 0.600. The number of aromatic nitrogens is 3. The summed E-state index contributed by atoms with van der Waals surface area (Å²) in [4.78, 5) is 20.0. The zero-order valence-electron chi connectivity index (χ0n) is 18.2. The number of morpholine rings is 1. The van der Waals surface area contributed by atoms with Gasteiger partial charge in [0.25, 0.3) is 0 Å². The number of pyridine rings is 1. The lowest BCUT2D eigenvalue weighted by molar-refractivity contribution is 0.122. The van der Waals surface area contributed by atoms with Gasteiger partial charge in [-0.1, -0.05) is 18.2 Å². The van der Waals surface area contributed by atoms with E-state index in [-0.39, 0.29) is 0 Å². The van der Waals surface area contributed by atoms with Crippen molar-refractivity contribution in [2.45, 2.75) is 0 Å². The number of methoxy groups -OCH3 is 1. The van der Waals surface area contributed by atoms with Gasteiger partial charge in [-0.15, -0.1) is 0 Å². The van der Waals surface area contributed by atoms with E-state index in [0.717, 1.165) is 29.8 Å². The molecule has 32 heavy (non-hydrogen) atoms. The zero-order chi connectivity index (χ0) is 22.3. The summed E-state index contributed by atoms with van der Waals surface area (Å²) in [7, 11) is 3.34. The van der Waals surface area contributed by atoms with Crippen LogP contribution >= 0.6 is 0 Å². The molecular weight excluding hydrogens is 404 g/mol. The molecule has 0 spiro atoms. The van der Waals surface area contributed by atoms with Gasteiger partial charge in [0.05, 0.1) is 20.3 Å². The molecule has 1 aliphatic rings. The molecule has 2 N–H and O–H groups in total. The first-order chi connectivity index (χ1) is 15.7. The standard InChI is InChI=1S/C24H26N6O2/c1-26-9-8-20(25)18-4-3-5-19(16-18)22-23(31-2)21(17-6-10-27-11-7-17)28-24(29-22)30-12-14-32-15-13-30/h3-11,16H,12-15,25H2,1-2H3/b20-8-,26-9?. The molecule has 1 saturated heterocycles. The van der Waals surface area contributed by atoms with Gasteiger partial charge >= 0.3 is 0 Å². The molecule has 0 aliphatic carbocycles. The molecule has 2 aromatic heterocycles. The molecule has 3 heterocycles. The van der Waals surface area contributed by atoms with E-state index < -0.39 is 0 Å². The second-order valence-electron chi connectivity index (χ2n) is 7.20. The van der Waals surface area contributed by atoms with Crippen LogP contribution in [0.3, 0.4) is 0 Å². The summed E-state index contributed by atoms with van der Waals surface area (Å²) in [6.07, 6.45) is 6.93. The van der Waals surface area contributed by atoms with Crippen molar-refractivity contribution in [1.29, 1.82) is 0 Å². The molecule has 0 amide bonds. The molecule has 8 heteroatoms. The summed E-state index contributed by atoms with van der Waals surface area (Å²) in [5.41, 5.74) is 11.0. The molecule has 3 aromatic rings. The normalized spacial score (nSPS) is 14.7. The van der Waals surface area contributed by atoms with E-state index in [1.165, 1.54) is 0 Å². The third-order valence-corrected chi connectivity index (χ3v) is 5.18. The summed E-state index contributed by atoms with van der Waals surface area (Å²) in [6.45, 7) is 2.75. The van der Waals surface area contributed by atoms with Crippen molar-refractivity contribution < 1.29 is 9.47 Å². The Labute approximate surface area is 187 Å². The smallest absolute Gasteiger partial charge is 0.226 e. The van der Waals surface area contributed by atoms with Gasteiger partial charge < -0.3 is 20.1 Å². The highest BCUT2D eigenvalue weighted by molar-refractivity contribution is 5.85. The zero-order valence-corrected chi connectivity index (χ0v) is 18.2. The van der Waals surface area contributed by atoms with Gasteiger partial charge in [0.1, 0.15) is 11.4 Å². The molecule has 1 fully saturated rings. The number of rotatable bonds is 6. The summed E-state index contributed by atoms with van der Waals surface area (Å²) >= 11 is 0. The van der Waals surface area contributed by atoms with Crippen LogP contribution in [-0.4, -0.2) is 61.6 Å². The van der Waals surface area contributed by atoms with Crippen LogP contribution in [-0.2, 0) is 4.74 Å². The summed E-state index contributed by atoms with van der Waals surface area (Å²) in [5, 5.41) is 0. The Morgan fingerprint density at radius 3 is 2.50 bits per heavy atom. The number of anilines is 1. The maximum Gasteiger partial charge on any atom is 0.226 e. The Kier molecular flexibility index (Phi) is 6.72. The Hall–Kier alpha value is -3.78. The lowest BCUT2D eigenvalue weighted by atomic mass is 10.0. The molecule has 8 nitrogen and oxygen atoms in total. The first kappa shape index (κ1) is 21.5. The molecular formula is C24H26N6O2. The van der Waals surface area contributed by atoms with E-state index in [1.807, 2.05) is 36.4 Å². The molecule has 0 unspecified atom stereocenters. The predicted molar refractivity (Wildman–Crippen MR) is 127 cm³/mol. The van der Waals surface area contributed by atoms with Crippen molar-refractivity contribution in [3.05, 3.63) is 60.4 Å². The van der Waals surface area contributed by atoms with Gasteiger partial charge in [-0.05, 0) is 29.8 Å². The minimum Gasteiger partial charge on any atom is -0.492 e. The van der Waals surface area contributed by atoms with Gasteiger partial charge in [-0.2, -0.15) is 0 Å². The fourth-order valence-electron chi connectivity index (χ4n) is 3.54. The molecule has 4 rings (SSSR count). The molecule has 0 saturated carbocycles. The maximum absolute atomic E-state index is 6.24. The van der Waals surface area contributed by atoms with Crippen molar-refractivity contribution in [2.75, 3.05) is 45.4 Å². The summed E-state index contributed by atoms with van der Waals surface area (Å²) in [5.74, 6) is 1.24. The van der Waals surface area contributed by atoms with Gasteiger partial charge in [-0.25, -0.2) is 9.97 Å². The van der Waals surface area contributed by atoms with E-state index in [0.29, 0.717) is 42.0 Å². The Balaban J connectivity index is 1.89. The Morgan fingerprint density at radius 2 is 1.81 bits per heavy atom. The van der Waals surface area contributed by atoms with E-state index in [4.69, 9.17) is 25.2 Å². The SMILES string of the molecule is CN=C/C=C(\N)c1cccc(-c2nc(N3CCOCC3)nc(-c3ccncc3)c2OC)c1. The highest BCUT2D eigenvalue weighted by Gasteiger charge is 2.22. The van der Waals surface area contributed by atoms with Gasteiger partial charge in [0.15, 0.2) is 5.75 Å². The van der Waals surface area contributed by atoms with Crippen molar-refractivity contribution in [3.63, 3.8) is 0 Å². The molecule has 1 aromatic carbocycles. The topological polar surface area (TPSA) is 98.8 Å². The lowest BCUT2D eigenvalue weighted by Crippen LogP contribution is -2.37. The van der Waals surface area contributed by atoms with Crippen LogP contribution in [0.5, 0.6) is 5.75 Å². The second kappa shape index (κ2) is 10.0. The first-order valence-corrected chi connectivity index (χ1v) is 10.4. The van der Waals surface area contributed by atoms with Crippen LogP contribution in [0.2, 0.25) is 0 Å². The maximum atomic E-state index is 6.24. The number of aliphatic imine (C=N–C) groups is 1. The van der Waals surface area contributed by atoms with Crippen molar-refractivity contribution in [3.8, 4) is 28.3 Å². The van der Waals surface area contributed by atoms with Crippen LogP contribution in [0.4, 0.5) is 5.95 Å². The lowest BCUT2D eigenvalue weighted by Gasteiger charge is -2.28. The molecule has 164 valence electrons. The number of ether oxygens (including phenoxy) is 2. The van der Waals surface area contributed by atoms with E-state index in [2.05, 4.69) is 14.9 Å². The van der Waals surface area contributed by atoms with Crippen LogP contribution in [0, 0.1) is 0 Å². The number of hydrogen-bond donors (Lipinski definition) is 1. The van der Waals surface area contributed by atoms with Crippen LogP contribution < -0.4 is 15.4 Å². The second-order valence-corrected chi connectivity index (χ2v) is 7.20. The number of hydrogen-bond acceptors (Lipinski definition) is 8. The number of allylic oxidation sites excluding steroid dienone is 1. The third kappa shape index (κ3) is 4.60. The molecule has 0 atom stereocenters. The van der Waals surface area contributed by atoms with E-state index in [1.54, 1.807) is 38.8 Å². The highest BCUT2D eigenvalue weighted by Crippen LogP contribution is 2.38. The predicted octanol–water partition coefficient (Wildman–Crippen LogP) is 3.05. The molecule has 0 radical (unpaired) electrons. The number of benzene rings is 1. The van der Waals surface area contributed by atoms with Crippen LogP contribution in [0.15, 0.2) is 59.9 Å². The quantitative estimate of drug-likeness (QED) is 0.600. The number of nitrogens with zero attached hydrogens (tertiary/aromatic N) is 5. The summed E-state index contributed by atoms with van der Waals surface area (Å²) in [6, 6.07) is 11.7. The van der Waals surface area contributed by atoms with Crippen molar-refractivity contribution in [2.24, 2.45) is 10.7 Å².